The van der Waals surface area contributed by atoms with E-state index in [1.807, 2.05) is 42.4 Å². The van der Waals surface area contributed by atoms with Crippen molar-refractivity contribution < 1.29 is 4.79 Å². The number of hydrogen-bond acceptors (Lipinski definition) is 5. The molecule has 1 amide bonds. The van der Waals surface area contributed by atoms with Crippen LogP contribution < -0.4 is 0 Å². The van der Waals surface area contributed by atoms with Crippen LogP contribution in [0, 0.1) is 0 Å². The van der Waals surface area contributed by atoms with Crippen molar-refractivity contribution in [3.8, 4) is 11.4 Å². The zero-order chi connectivity index (χ0) is 17.5. The first-order valence-corrected chi connectivity index (χ1v) is 8.90. The molecule has 0 aliphatic carbocycles. The molecule has 0 saturated heterocycles. The van der Waals surface area contributed by atoms with Gasteiger partial charge in [-0.25, -0.2) is 0 Å². The summed E-state index contributed by atoms with van der Waals surface area (Å²) < 4.78 is 1.97. The van der Waals surface area contributed by atoms with Gasteiger partial charge in [-0.2, -0.15) is 0 Å². The van der Waals surface area contributed by atoms with E-state index in [0.29, 0.717) is 19.6 Å². The highest BCUT2D eigenvalue weighted by atomic mass is 32.2. The molecule has 2 aromatic rings. The number of pyridine rings is 1. The van der Waals surface area contributed by atoms with Gasteiger partial charge in [0.15, 0.2) is 11.0 Å². The van der Waals surface area contributed by atoms with E-state index in [0.717, 1.165) is 16.5 Å². The van der Waals surface area contributed by atoms with Crippen LogP contribution >= 0.6 is 11.8 Å². The van der Waals surface area contributed by atoms with E-state index in [1.165, 1.54) is 11.8 Å². The van der Waals surface area contributed by atoms with Gasteiger partial charge in [0, 0.05) is 37.6 Å². The largest absolute Gasteiger partial charge is 0.342 e. The molecular formula is C17H23N5OS. The van der Waals surface area contributed by atoms with Crippen LogP contribution in [0.5, 0.6) is 0 Å². The molecule has 0 spiro atoms. The van der Waals surface area contributed by atoms with Crippen LogP contribution in [0.4, 0.5) is 0 Å². The molecule has 1 atom stereocenters. The predicted molar refractivity (Wildman–Crippen MR) is 96.7 cm³/mol. The third kappa shape index (κ3) is 4.03. The Morgan fingerprint density at radius 3 is 2.58 bits per heavy atom. The van der Waals surface area contributed by atoms with E-state index < -0.39 is 0 Å². The molecule has 2 rings (SSSR count). The van der Waals surface area contributed by atoms with E-state index in [4.69, 9.17) is 0 Å². The van der Waals surface area contributed by atoms with E-state index in [9.17, 15) is 4.79 Å². The van der Waals surface area contributed by atoms with Crippen molar-refractivity contribution in [1.29, 1.82) is 0 Å². The zero-order valence-corrected chi connectivity index (χ0v) is 15.2. The minimum Gasteiger partial charge on any atom is -0.342 e. The molecule has 0 aliphatic heterocycles. The van der Waals surface area contributed by atoms with E-state index in [-0.39, 0.29) is 11.2 Å². The molecule has 2 aromatic heterocycles. The highest BCUT2D eigenvalue weighted by molar-refractivity contribution is 8.00. The van der Waals surface area contributed by atoms with Gasteiger partial charge >= 0.3 is 0 Å². The second-order valence-corrected chi connectivity index (χ2v) is 6.52. The molecule has 0 saturated carbocycles. The van der Waals surface area contributed by atoms with Gasteiger partial charge < -0.3 is 4.90 Å². The molecule has 0 radical (unpaired) electrons. The Bertz CT molecular complexity index is 682. The van der Waals surface area contributed by atoms with Crippen LogP contribution in [0.2, 0.25) is 0 Å². The van der Waals surface area contributed by atoms with E-state index >= 15 is 0 Å². The lowest BCUT2D eigenvalue weighted by Gasteiger charge is -2.22. The lowest BCUT2D eigenvalue weighted by molar-refractivity contribution is -0.129. The van der Waals surface area contributed by atoms with Crippen LogP contribution in [0.15, 0.2) is 42.3 Å². The number of thioether (sulfide) groups is 1. The van der Waals surface area contributed by atoms with Crippen molar-refractivity contribution in [2.24, 2.45) is 0 Å². The molecule has 24 heavy (non-hydrogen) atoms. The maximum Gasteiger partial charge on any atom is 0.235 e. The number of carbonyl (C=O) groups is 1. The minimum absolute atomic E-state index is 0.114. The summed E-state index contributed by atoms with van der Waals surface area (Å²) in [6.45, 7) is 11.7. The molecular weight excluding hydrogens is 322 g/mol. The molecule has 6 nitrogen and oxygen atoms in total. The van der Waals surface area contributed by atoms with Crippen molar-refractivity contribution >= 4 is 17.7 Å². The summed E-state index contributed by atoms with van der Waals surface area (Å²) in [4.78, 5) is 18.3. The number of nitrogens with zero attached hydrogens (tertiary/aromatic N) is 5. The van der Waals surface area contributed by atoms with Gasteiger partial charge in [0.1, 0.15) is 0 Å². The van der Waals surface area contributed by atoms with Crippen molar-refractivity contribution in [1.82, 2.24) is 24.6 Å². The number of amides is 1. The number of aromatic nitrogens is 4. The van der Waals surface area contributed by atoms with Crippen LogP contribution in [0.3, 0.4) is 0 Å². The second-order valence-electron chi connectivity index (χ2n) is 5.21. The van der Waals surface area contributed by atoms with Crippen molar-refractivity contribution in [3.05, 3.63) is 37.2 Å². The summed E-state index contributed by atoms with van der Waals surface area (Å²) >= 11 is 1.43. The van der Waals surface area contributed by atoms with Gasteiger partial charge in [-0.1, -0.05) is 17.8 Å². The van der Waals surface area contributed by atoms with Crippen LogP contribution in [0.1, 0.15) is 20.8 Å². The highest BCUT2D eigenvalue weighted by Gasteiger charge is 2.23. The average Bonchev–Trinajstić information content (AvgIpc) is 2.99. The number of rotatable bonds is 8. The molecule has 1 unspecified atom stereocenters. The number of allylic oxidation sites excluding steroid dienone is 1. The molecule has 2 heterocycles. The monoisotopic (exact) mass is 345 g/mol. The molecule has 7 heteroatoms. The summed E-state index contributed by atoms with van der Waals surface area (Å²) in [5.41, 5.74) is 0.939. The summed E-state index contributed by atoms with van der Waals surface area (Å²) in [7, 11) is 0. The second kappa shape index (κ2) is 8.63. The molecule has 0 aliphatic rings. The zero-order valence-electron chi connectivity index (χ0n) is 14.3. The SMILES string of the molecule is C=CCn1c(SC(C)C(=O)N(CC)CC)nnc1-c1ccncc1. The fraction of sp³-hybridized carbons (Fsp3) is 0.412. The summed E-state index contributed by atoms with van der Waals surface area (Å²) in [5, 5.41) is 9.07. The fourth-order valence-corrected chi connectivity index (χ4v) is 3.33. The Morgan fingerprint density at radius 2 is 2.00 bits per heavy atom. The molecule has 0 N–H and O–H groups in total. The van der Waals surface area contributed by atoms with Crippen molar-refractivity contribution in [3.63, 3.8) is 0 Å². The Kier molecular flexibility index (Phi) is 6.54. The Hall–Kier alpha value is -2.15. The van der Waals surface area contributed by atoms with Gasteiger partial charge in [0.25, 0.3) is 0 Å². The maximum atomic E-state index is 12.5. The van der Waals surface area contributed by atoms with Gasteiger partial charge in [0.05, 0.1) is 5.25 Å². The fourth-order valence-electron chi connectivity index (χ4n) is 2.39. The van der Waals surface area contributed by atoms with Gasteiger partial charge in [-0.15, -0.1) is 16.8 Å². The smallest absolute Gasteiger partial charge is 0.235 e. The maximum absolute atomic E-state index is 12.5. The standard InChI is InChI=1S/C17H23N5OS/c1-5-12-22-15(14-8-10-18-11-9-14)19-20-17(22)24-13(4)16(23)21(6-2)7-3/h5,8-11,13H,1,6-7,12H2,2-4H3. The topological polar surface area (TPSA) is 63.9 Å². The van der Waals surface area contributed by atoms with Crippen LogP contribution in [0.25, 0.3) is 11.4 Å². The summed E-state index contributed by atoms with van der Waals surface area (Å²) in [5.74, 6) is 0.867. The Morgan fingerprint density at radius 1 is 1.33 bits per heavy atom. The number of carbonyl (C=O) groups excluding carboxylic acids is 1. The summed E-state index contributed by atoms with van der Waals surface area (Å²) in [6.07, 6.45) is 5.25. The van der Waals surface area contributed by atoms with Crippen LogP contribution in [-0.2, 0) is 11.3 Å². The Labute approximate surface area is 147 Å². The Balaban J connectivity index is 2.26. The van der Waals surface area contributed by atoms with Gasteiger partial charge in [-0.3, -0.25) is 14.3 Å². The molecule has 128 valence electrons. The average molecular weight is 345 g/mol. The summed E-state index contributed by atoms with van der Waals surface area (Å²) in [6, 6.07) is 3.78. The first-order chi connectivity index (χ1) is 11.6. The first kappa shape index (κ1) is 18.2. The predicted octanol–water partition coefficient (Wildman–Crippen LogP) is 2.88. The number of hydrogen-bond donors (Lipinski definition) is 0. The normalized spacial score (nSPS) is 12.0. The van der Waals surface area contributed by atoms with Gasteiger partial charge in [0.2, 0.25) is 5.91 Å². The van der Waals surface area contributed by atoms with Crippen LogP contribution in [-0.4, -0.2) is 48.9 Å². The molecule has 0 bridgehead atoms. The lowest BCUT2D eigenvalue weighted by Crippen LogP contribution is -2.36. The third-order valence-electron chi connectivity index (χ3n) is 3.67. The molecule has 0 fully saturated rings. The molecule has 0 aromatic carbocycles. The third-order valence-corrected chi connectivity index (χ3v) is 4.74. The quantitative estimate of drug-likeness (QED) is 0.544. The lowest BCUT2D eigenvalue weighted by atomic mass is 10.2. The first-order valence-electron chi connectivity index (χ1n) is 8.02. The van der Waals surface area contributed by atoms with Gasteiger partial charge in [-0.05, 0) is 32.9 Å². The van der Waals surface area contributed by atoms with Crippen molar-refractivity contribution in [2.75, 3.05) is 13.1 Å². The van der Waals surface area contributed by atoms with E-state index in [2.05, 4.69) is 21.8 Å². The van der Waals surface area contributed by atoms with E-state index in [1.54, 1.807) is 18.5 Å². The van der Waals surface area contributed by atoms with Crippen molar-refractivity contribution in [2.45, 2.75) is 37.7 Å². The highest BCUT2D eigenvalue weighted by Crippen LogP contribution is 2.27. The minimum atomic E-state index is -0.219.